The average molecular weight is 601 g/mol. The summed E-state index contributed by atoms with van der Waals surface area (Å²) in [6.07, 6.45) is 2.98. The number of aromatic carboxylic acids is 1. The quantitative estimate of drug-likeness (QED) is 0.192. The average Bonchev–Trinajstić information content (AvgIpc) is 3.00. The molecular formula is C33H32N2O7S. The van der Waals surface area contributed by atoms with Gasteiger partial charge < -0.3 is 19.9 Å². The van der Waals surface area contributed by atoms with Crippen molar-refractivity contribution in [3.8, 4) is 17.2 Å². The Balaban J connectivity index is 1.07. The summed E-state index contributed by atoms with van der Waals surface area (Å²) >= 11 is 0. The van der Waals surface area contributed by atoms with E-state index in [1.807, 2.05) is 24.3 Å². The second-order valence-electron chi connectivity index (χ2n) is 10.3. The van der Waals surface area contributed by atoms with Crippen molar-refractivity contribution in [3.63, 3.8) is 0 Å². The number of carboxylic acid groups (broad SMARTS) is 1. The van der Waals surface area contributed by atoms with E-state index in [1.165, 1.54) is 6.07 Å². The summed E-state index contributed by atoms with van der Waals surface area (Å²) in [4.78, 5) is 24.1. The number of hydrogen-bond donors (Lipinski definition) is 3. The number of sulfonamides is 1. The first-order valence-corrected chi connectivity index (χ1v) is 15.5. The van der Waals surface area contributed by atoms with Gasteiger partial charge in [0.25, 0.3) is 0 Å². The minimum atomic E-state index is -3.53. The van der Waals surface area contributed by atoms with Crippen LogP contribution in [0.15, 0.2) is 108 Å². The molecule has 1 amide bonds. The van der Waals surface area contributed by atoms with Gasteiger partial charge in [-0.1, -0.05) is 42.5 Å². The number of hydrogen-bond acceptors (Lipinski definition) is 6. The van der Waals surface area contributed by atoms with Gasteiger partial charge in [0, 0.05) is 6.04 Å². The van der Waals surface area contributed by atoms with Crippen LogP contribution in [0, 0.1) is 0 Å². The zero-order valence-electron chi connectivity index (χ0n) is 23.3. The molecule has 1 fully saturated rings. The summed E-state index contributed by atoms with van der Waals surface area (Å²) in [5.41, 5.74) is 1.04. The minimum absolute atomic E-state index is 0.00611. The third kappa shape index (κ3) is 8.21. The Hall–Kier alpha value is -4.67. The predicted octanol–water partition coefficient (Wildman–Crippen LogP) is 6.03. The fourth-order valence-electron chi connectivity index (χ4n) is 4.93. The zero-order valence-corrected chi connectivity index (χ0v) is 24.1. The Morgan fingerprint density at radius 3 is 1.98 bits per heavy atom. The lowest BCUT2D eigenvalue weighted by molar-refractivity contribution is -0.115. The SMILES string of the molecule is O=C(Cc1ccc(Oc2ccc(OC3CCC(NS(=O)(=O)c4ccccc4)CC3)cc2)cc1)Nc1ccccc1C(=O)O. The molecule has 0 saturated heterocycles. The van der Waals surface area contributed by atoms with Gasteiger partial charge in [-0.05, 0) is 91.9 Å². The molecule has 3 N–H and O–H groups in total. The molecule has 9 nitrogen and oxygen atoms in total. The van der Waals surface area contributed by atoms with Crippen LogP contribution in [0.5, 0.6) is 17.2 Å². The van der Waals surface area contributed by atoms with E-state index in [0.717, 1.165) is 18.4 Å². The summed E-state index contributed by atoms with van der Waals surface area (Å²) < 4.78 is 40.1. The van der Waals surface area contributed by atoms with E-state index < -0.39 is 16.0 Å². The molecule has 0 aliphatic heterocycles. The Bertz CT molecular complexity index is 1650. The molecule has 0 heterocycles. The monoisotopic (exact) mass is 600 g/mol. The summed E-state index contributed by atoms with van der Waals surface area (Å²) in [5, 5.41) is 11.9. The van der Waals surface area contributed by atoms with Gasteiger partial charge >= 0.3 is 5.97 Å². The lowest BCUT2D eigenvalue weighted by Gasteiger charge is -2.29. The standard InChI is InChI=1S/C33H32N2O7S/c36-32(34-31-9-5-4-8-30(31)33(37)38)22-23-10-14-25(15-11-23)41-27-18-20-28(21-19-27)42-26-16-12-24(13-17-26)35-43(39,40)29-6-2-1-3-7-29/h1-11,14-15,18-21,24,26,35H,12-13,16-17,22H2,(H,34,36)(H,37,38). The van der Waals surface area contributed by atoms with Crippen LogP contribution >= 0.6 is 0 Å². The minimum Gasteiger partial charge on any atom is -0.490 e. The molecule has 0 bridgehead atoms. The Morgan fingerprint density at radius 1 is 0.744 bits per heavy atom. The number of para-hydroxylation sites is 1. The molecule has 0 aromatic heterocycles. The topological polar surface area (TPSA) is 131 Å². The highest BCUT2D eigenvalue weighted by atomic mass is 32.2. The number of benzene rings is 4. The molecule has 0 spiro atoms. The first-order valence-electron chi connectivity index (χ1n) is 14.0. The molecule has 1 saturated carbocycles. The summed E-state index contributed by atoms with van der Waals surface area (Å²) in [6, 6.07) is 29.0. The maximum Gasteiger partial charge on any atom is 0.337 e. The van der Waals surface area contributed by atoms with E-state index in [9.17, 15) is 23.1 Å². The smallest absolute Gasteiger partial charge is 0.337 e. The van der Waals surface area contributed by atoms with Gasteiger partial charge in [-0.3, -0.25) is 4.79 Å². The van der Waals surface area contributed by atoms with Crippen molar-refractivity contribution in [2.75, 3.05) is 5.32 Å². The lowest BCUT2D eigenvalue weighted by atomic mass is 9.94. The largest absolute Gasteiger partial charge is 0.490 e. The first kappa shape index (κ1) is 29.8. The van der Waals surface area contributed by atoms with E-state index >= 15 is 0 Å². The molecule has 222 valence electrons. The van der Waals surface area contributed by atoms with Gasteiger partial charge in [-0.15, -0.1) is 0 Å². The van der Waals surface area contributed by atoms with Gasteiger partial charge in [0.05, 0.1) is 28.7 Å². The molecule has 0 atom stereocenters. The predicted molar refractivity (Wildman–Crippen MR) is 162 cm³/mol. The second kappa shape index (κ2) is 13.5. The third-order valence-electron chi connectivity index (χ3n) is 7.13. The zero-order chi connectivity index (χ0) is 30.2. The van der Waals surface area contributed by atoms with Crippen molar-refractivity contribution in [2.45, 2.75) is 49.1 Å². The van der Waals surface area contributed by atoms with Crippen LogP contribution in [0.25, 0.3) is 0 Å². The van der Waals surface area contributed by atoms with Gasteiger partial charge in [0.15, 0.2) is 0 Å². The molecule has 1 aliphatic carbocycles. The van der Waals surface area contributed by atoms with E-state index in [-0.39, 0.29) is 40.6 Å². The van der Waals surface area contributed by atoms with Crippen LogP contribution < -0.4 is 19.5 Å². The van der Waals surface area contributed by atoms with Crippen LogP contribution in [-0.4, -0.2) is 37.5 Å². The van der Waals surface area contributed by atoms with Crippen molar-refractivity contribution >= 4 is 27.6 Å². The molecule has 4 aromatic rings. The van der Waals surface area contributed by atoms with Crippen LogP contribution in [0.4, 0.5) is 5.69 Å². The van der Waals surface area contributed by atoms with E-state index in [0.29, 0.717) is 30.1 Å². The molecular weight excluding hydrogens is 568 g/mol. The van der Waals surface area contributed by atoms with Crippen molar-refractivity contribution < 1.29 is 32.6 Å². The molecule has 1 aliphatic rings. The second-order valence-corrected chi connectivity index (χ2v) is 12.0. The maximum absolute atomic E-state index is 12.6. The normalized spacial score (nSPS) is 16.7. The van der Waals surface area contributed by atoms with Crippen LogP contribution in [0.1, 0.15) is 41.6 Å². The highest BCUT2D eigenvalue weighted by Gasteiger charge is 2.26. The van der Waals surface area contributed by atoms with Gasteiger partial charge in [-0.25, -0.2) is 17.9 Å². The molecule has 0 radical (unpaired) electrons. The van der Waals surface area contributed by atoms with Gasteiger partial charge in [-0.2, -0.15) is 0 Å². The van der Waals surface area contributed by atoms with Crippen LogP contribution in [0.2, 0.25) is 0 Å². The van der Waals surface area contributed by atoms with Crippen molar-refractivity contribution in [3.05, 3.63) is 114 Å². The fourth-order valence-corrected chi connectivity index (χ4v) is 6.26. The van der Waals surface area contributed by atoms with Crippen molar-refractivity contribution in [2.24, 2.45) is 0 Å². The number of carbonyl (C=O) groups excluding carboxylic acids is 1. The lowest BCUT2D eigenvalue weighted by Crippen LogP contribution is -2.39. The van der Waals surface area contributed by atoms with Crippen LogP contribution in [-0.2, 0) is 21.2 Å². The van der Waals surface area contributed by atoms with E-state index in [4.69, 9.17) is 9.47 Å². The Kier molecular flexibility index (Phi) is 9.38. The molecule has 4 aromatic carbocycles. The summed E-state index contributed by atoms with van der Waals surface area (Å²) in [5.74, 6) is 0.519. The van der Waals surface area contributed by atoms with Crippen molar-refractivity contribution in [1.82, 2.24) is 4.72 Å². The molecule has 0 unspecified atom stereocenters. The highest BCUT2D eigenvalue weighted by molar-refractivity contribution is 7.89. The Morgan fingerprint density at radius 2 is 1.33 bits per heavy atom. The van der Waals surface area contributed by atoms with Crippen molar-refractivity contribution in [1.29, 1.82) is 0 Å². The number of carbonyl (C=O) groups is 2. The Labute approximate surface area is 250 Å². The van der Waals surface area contributed by atoms with E-state index in [1.54, 1.807) is 72.8 Å². The molecule has 10 heteroatoms. The van der Waals surface area contributed by atoms with Gasteiger partial charge in [0.1, 0.15) is 17.2 Å². The maximum atomic E-state index is 12.6. The highest BCUT2D eigenvalue weighted by Crippen LogP contribution is 2.28. The fraction of sp³-hybridized carbons (Fsp3) is 0.212. The number of nitrogens with one attached hydrogen (secondary N) is 2. The molecule has 5 rings (SSSR count). The van der Waals surface area contributed by atoms with Crippen LogP contribution in [0.3, 0.4) is 0 Å². The van der Waals surface area contributed by atoms with E-state index in [2.05, 4.69) is 10.0 Å². The summed E-state index contributed by atoms with van der Waals surface area (Å²) in [6.45, 7) is 0. The number of rotatable bonds is 11. The third-order valence-corrected chi connectivity index (χ3v) is 8.67. The number of amides is 1. The first-order chi connectivity index (χ1) is 20.7. The van der Waals surface area contributed by atoms with Gasteiger partial charge in [0.2, 0.25) is 15.9 Å². The number of anilines is 1. The summed E-state index contributed by atoms with van der Waals surface area (Å²) in [7, 11) is -3.53. The molecule has 43 heavy (non-hydrogen) atoms. The number of carboxylic acids is 1. The number of ether oxygens (including phenoxy) is 2.